The van der Waals surface area contributed by atoms with Crippen LogP contribution in [0.15, 0.2) is 24.3 Å². The fraction of sp³-hybridized carbons (Fsp3) is 0.529. The van der Waals surface area contributed by atoms with E-state index in [4.69, 9.17) is 0 Å². The van der Waals surface area contributed by atoms with Crippen molar-refractivity contribution in [2.75, 3.05) is 0 Å². The standard InChI is InChI=1S/C17H23N5O/c1-11-14-9-7-6-8-13(14)10-21(11)15(23)12(2)22-16(17(3,4)5)18-19-20-22/h6-9,11-12H,10H2,1-5H3. The van der Waals surface area contributed by atoms with Gasteiger partial charge in [-0.1, -0.05) is 45.0 Å². The van der Waals surface area contributed by atoms with E-state index < -0.39 is 6.04 Å². The number of tetrazole rings is 1. The van der Waals surface area contributed by atoms with Gasteiger partial charge in [0.05, 0.1) is 6.04 Å². The van der Waals surface area contributed by atoms with Crippen LogP contribution in [0.1, 0.15) is 63.7 Å². The van der Waals surface area contributed by atoms with Crippen LogP contribution in [0.5, 0.6) is 0 Å². The van der Waals surface area contributed by atoms with Crippen LogP contribution < -0.4 is 0 Å². The Morgan fingerprint density at radius 2 is 2.00 bits per heavy atom. The molecule has 2 aromatic rings. The first-order valence-electron chi connectivity index (χ1n) is 7.97. The molecule has 2 atom stereocenters. The third-order valence-electron chi connectivity index (χ3n) is 4.48. The number of amides is 1. The molecule has 0 saturated heterocycles. The molecule has 2 unspecified atom stereocenters. The summed E-state index contributed by atoms with van der Waals surface area (Å²) in [6.45, 7) is 10.7. The van der Waals surface area contributed by atoms with Crippen LogP contribution in [-0.4, -0.2) is 31.0 Å². The molecule has 1 aromatic heterocycles. The molecule has 0 saturated carbocycles. The van der Waals surface area contributed by atoms with Crippen LogP contribution >= 0.6 is 0 Å². The van der Waals surface area contributed by atoms with Gasteiger partial charge in [0, 0.05) is 12.0 Å². The van der Waals surface area contributed by atoms with Crippen molar-refractivity contribution in [2.45, 2.75) is 58.7 Å². The summed E-state index contributed by atoms with van der Waals surface area (Å²) in [5.41, 5.74) is 2.23. The van der Waals surface area contributed by atoms with Gasteiger partial charge in [0.2, 0.25) is 5.91 Å². The van der Waals surface area contributed by atoms with E-state index in [1.165, 1.54) is 11.1 Å². The lowest BCUT2D eigenvalue weighted by Gasteiger charge is -2.27. The second-order valence-electron chi connectivity index (χ2n) is 7.21. The van der Waals surface area contributed by atoms with Crippen LogP contribution in [0.3, 0.4) is 0 Å². The van der Waals surface area contributed by atoms with Crippen molar-refractivity contribution >= 4 is 5.91 Å². The predicted octanol–water partition coefficient (Wildman–Crippen LogP) is 2.64. The van der Waals surface area contributed by atoms with Crippen molar-refractivity contribution in [3.63, 3.8) is 0 Å². The number of carbonyl (C=O) groups is 1. The van der Waals surface area contributed by atoms with Gasteiger partial charge in [0.15, 0.2) is 5.82 Å². The molecule has 1 aliphatic rings. The van der Waals surface area contributed by atoms with E-state index in [9.17, 15) is 4.79 Å². The third kappa shape index (κ3) is 2.62. The average Bonchev–Trinajstić information content (AvgIpc) is 3.11. The molecule has 122 valence electrons. The maximum atomic E-state index is 13.0. The Labute approximate surface area is 136 Å². The second kappa shape index (κ2) is 5.44. The fourth-order valence-electron chi connectivity index (χ4n) is 3.14. The molecule has 6 heteroatoms. The van der Waals surface area contributed by atoms with E-state index in [-0.39, 0.29) is 17.4 Å². The first-order chi connectivity index (χ1) is 10.8. The molecule has 1 amide bonds. The first kappa shape index (κ1) is 15.6. The molecule has 0 fully saturated rings. The first-order valence-corrected chi connectivity index (χ1v) is 7.97. The van der Waals surface area contributed by atoms with E-state index in [0.717, 1.165) is 5.82 Å². The highest BCUT2D eigenvalue weighted by molar-refractivity contribution is 5.81. The molecule has 1 aromatic carbocycles. The number of rotatable bonds is 2. The van der Waals surface area contributed by atoms with Gasteiger partial charge in [-0.3, -0.25) is 4.79 Å². The third-order valence-corrected chi connectivity index (χ3v) is 4.48. The molecule has 6 nitrogen and oxygen atoms in total. The monoisotopic (exact) mass is 313 g/mol. The smallest absolute Gasteiger partial charge is 0.248 e. The zero-order chi connectivity index (χ0) is 16.8. The van der Waals surface area contributed by atoms with Crippen molar-refractivity contribution in [1.29, 1.82) is 0 Å². The van der Waals surface area contributed by atoms with E-state index in [0.29, 0.717) is 6.54 Å². The number of hydrogen-bond donors (Lipinski definition) is 0. The average molecular weight is 313 g/mol. The van der Waals surface area contributed by atoms with Gasteiger partial charge in [-0.15, -0.1) is 5.10 Å². The van der Waals surface area contributed by atoms with E-state index in [1.54, 1.807) is 4.68 Å². The number of aromatic nitrogens is 4. The summed E-state index contributed by atoms with van der Waals surface area (Å²) in [4.78, 5) is 14.9. The molecule has 1 aliphatic heterocycles. The minimum Gasteiger partial charge on any atom is -0.330 e. The SMILES string of the molecule is CC1c2ccccc2CN1C(=O)C(C)n1nnnc1C(C)(C)C. The topological polar surface area (TPSA) is 63.9 Å². The summed E-state index contributed by atoms with van der Waals surface area (Å²) in [7, 11) is 0. The normalized spacial score (nSPS) is 18.8. The Hall–Kier alpha value is -2.24. The van der Waals surface area contributed by atoms with Gasteiger partial charge in [-0.05, 0) is 35.4 Å². The lowest BCUT2D eigenvalue weighted by atomic mass is 9.95. The summed E-state index contributed by atoms with van der Waals surface area (Å²) >= 11 is 0. The Balaban J connectivity index is 1.87. The fourth-order valence-corrected chi connectivity index (χ4v) is 3.14. The maximum Gasteiger partial charge on any atom is 0.248 e. The van der Waals surface area contributed by atoms with E-state index in [1.807, 2.05) is 44.7 Å². The lowest BCUT2D eigenvalue weighted by molar-refractivity contribution is -0.136. The van der Waals surface area contributed by atoms with E-state index in [2.05, 4.69) is 34.6 Å². The Kier molecular flexibility index (Phi) is 3.70. The van der Waals surface area contributed by atoms with Crippen LogP contribution in [0.25, 0.3) is 0 Å². The molecule has 23 heavy (non-hydrogen) atoms. The van der Waals surface area contributed by atoms with Crippen molar-refractivity contribution < 1.29 is 4.79 Å². The summed E-state index contributed by atoms with van der Waals surface area (Å²) in [5, 5.41) is 11.9. The van der Waals surface area contributed by atoms with Gasteiger partial charge in [-0.25, -0.2) is 4.68 Å². The number of carbonyl (C=O) groups excluding carboxylic acids is 1. The van der Waals surface area contributed by atoms with Crippen LogP contribution in [0.2, 0.25) is 0 Å². The quantitative estimate of drug-likeness (QED) is 0.855. The highest BCUT2D eigenvalue weighted by atomic mass is 16.2. The van der Waals surface area contributed by atoms with E-state index >= 15 is 0 Å². The number of fused-ring (bicyclic) bond motifs is 1. The molecular formula is C17H23N5O. The summed E-state index contributed by atoms with van der Waals surface area (Å²) < 4.78 is 1.65. The van der Waals surface area contributed by atoms with Gasteiger partial charge >= 0.3 is 0 Å². The van der Waals surface area contributed by atoms with Crippen LogP contribution in [0.4, 0.5) is 0 Å². The van der Waals surface area contributed by atoms with Crippen LogP contribution in [0, 0.1) is 0 Å². The van der Waals surface area contributed by atoms with Crippen molar-refractivity contribution in [2.24, 2.45) is 0 Å². The predicted molar refractivity (Wildman–Crippen MR) is 86.6 cm³/mol. The lowest BCUT2D eigenvalue weighted by Crippen LogP contribution is -2.36. The molecule has 3 rings (SSSR count). The molecule has 0 spiro atoms. The summed E-state index contributed by atoms with van der Waals surface area (Å²) in [6, 6.07) is 7.87. The molecule has 0 bridgehead atoms. The van der Waals surface area contributed by atoms with Crippen molar-refractivity contribution in [1.82, 2.24) is 25.1 Å². The molecule has 0 radical (unpaired) electrons. The Morgan fingerprint density at radius 1 is 1.30 bits per heavy atom. The van der Waals surface area contributed by atoms with Gasteiger partial charge in [0.1, 0.15) is 6.04 Å². The number of hydrogen-bond acceptors (Lipinski definition) is 4. The minimum absolute atomic E-state index is 0.0477. The van der Waals surface area contributed by atoms with Gasteiger partial charge in [0.25, 0.3) is 0 Å². The minimum atomic E-state index is -0.420. The summed E-state index contributed by atoms with van der Waals surface area (Å²) in [5.74, 6) is 0.772. The summed E-state index contributed by atoms with van der Waals surface area (Å²) in [6.07, 6.45) is 0. The van der Waals surface area contributed by atoms with Crippen LogP contribution in [-0.2, 0) is 16.8 Å². The van der Waals surface area contributed by atoms with Gasteiger partial charge < -0.3 is 4.90 Å². The zero-order valence-corrected chi connectivity index (χ0v) is 14.3. The largest absolute Gasteiger partial charge is 0.330 e. The Bertz CT molecular complexity index is 731. The molecule has 0 N–H and O–H groups in total. The van der Waals surface area contributed by atoms with Crippen molar-refractivity contribution in [3.8, 4) is 0 Å². The molecule has 0 aliphatic carbocycles. The highest BCUT2D eigenvalue weighted by Crippen LogP contribution is 2.35. The van der Waals surface area contributed by atoms with Crippen molar-refractivity contribution in [3.05, 3.63) is 41.2 Å². The number of benzene rings is 1. The number of nitrogens with zero attached hydrogens (tertiary/aromatic N) is 5. The highest BCUT2D eigenvalue weighted by Gasteiger charge is 2.35. The molecule has 2 heterocycles. The van der Waals surface area contributed by atoms with Gasteiger partial charge in [-0.2, -0.15) is 0 Å². The second-order valence-corrected chi connectivity index (χ2v) is 7.21. The zero-order valence-electron chi connectivity index (χ0n) is 14.3. The Morgan fingerprint density at radius 3 is 2.65 bits per heavy atom. The molecular weight excluding hydrogens is 290 g/mol. The maximum absolute atomic E-state index is 13.0.